The lowest BCUT2D eigenvalue weighted by molar-refractivity contribution is 0.212. The van der Waals surface area contributed by atoms with Gasteiger partial charge in [-0.15, -0.1) is 0 Å². The smallest absolute Gasteiger partial charge is 0.159 e. The molecule has 1 aromatic rings. The normalized spacial score (nSPS) is 29.7. The Balaban J connectivity index is 1.31. The SMILES string of the molecule is CC[C@H]1CC[C@H](CC[C@H]2CC[C@H](CCc3ccc(F)c(F)c3)CC2)CC1. The van der Waals surface area contributed by atoms with E-state index in [1.165, 1.54) is 82.8 Å². The van der Waals surface area contributed by atoms with Crippen molar-refractivity contribution in [3.8, 4) is 0 Å². The van der Waals surface area contributed by atoms with Gasteiger partial charge in [0.2, 0.25) is 0 Å². The van der Waals surface area contributed by atoms with E-state index in [1.807, 2.05) is 0 Å². The molecule has 0 radical (unpaired) electrons. The van der Waals surface area contributed by atoms with Crippen LogP contribution >= 0.6 is 0 Å². The highest BCUT2D eigenvalue weighted by Gasteiger charge is 2.24. The molecule has 0 heterocycles. The summed E-state index contributed by atoms with van der Waals surface area (Å²) in [5.41, 5.74) is 0.939. The Kier molecular flexibility index (Phi) is 7.52. The van der Waals surface area contributed by atoms with E-state index in [-0.39, 0.29) is 0 Å². The molecule has 0 unspecified atom stereocenters. The molecule has 3 rings (SSSR count). The van der Waals surface area contributed by atoms with Crippen molar-refractivity contribution in [1.82, 2.24) is 0 Å². The van der Waals surface area contributed by atoms with Crippen LogP contribution in [0.5, 0.6) is 0 Å². The van der Waals surface area contributed by atoms with Gasteiger partial charge in [-0.05, 0) is 54.2 Å². The van der Waals surface area contributed by atoms with Crippen LogP contribution in [0, 0.1) is 35.3 Å². The van der Waals surface area contributed by atoms with Gasteiger partial charge in [0.05, 0.1) is 0 Å². The molecule has 146 valence electrons. The van der Waals surface area contributed by atoms with Crippen molar-refractivity contribution in [2.24, 2.45) is 23.7 Å². The van der Waals surface area contributed by atoms with Crippen molar-refractivity contribution < 1.29 is 8.78 Å². The average molecular weight is 363 g/mol. The van der Waals surface area contributed by atoms with E-state index < -0.39 is 11.6 Å². The van der Waals surface area contributed by atoms with Crippen molar-refractivity contribution in [3.05, 3.63) is 35.4 Å². The molecular formula is C24H36F2. The summed E-state index contributed by atoms with van der Waals surface area (Å²) < 4.78 is 26.3. The van der Waals surface area contributed by atoms with Crippen LogP contribution in [0.15, 0.2) is 18.2 Å². The predicted octanol–water partition coefficient (Wildman–Crippen LogP) is 7.70. The monoisotopic (exact) mass is 362 g/mol. The van der Waals surface area contributed by atoms with Gasteiger partial charge in [0.15, 0.2) is 11.6 Å². The lowest BCUT2D eigenvalue weighted by Gasteiger charge is -2.32. The summed E-state index contributed by atoms with van der Waals surface area (Å²) in [6.07, 6.45) is 17.6. The molecule has 26 heavy (non-hydrogen) atoms. The second kappa shape index (κ2) is 9.85. The summed E-state index contributed by atoms with van der Waals surface area (Å²) in [7, 11) is 0. The third kappa shape index (κ3) is 5.79. The van der Waals surface area contributed by atoms with Crippen LogP contribution in [0.1, 0.15) is 89.5 Å². The number of rotatable bonds is 7. The fraction of sp³-hybridized carbons (Fsp3) is 0.750. The van der Waals surface area contributed by atoms with Crippen LogP contribution in [0.25, 0.3) is 0 Å². The molecular weight excluding hydrogens is 326 g/mol. The van der Waals surface area contributed by atoms with Gasteiger partial charge < -0.3 is 0 Å². The molecule has 0 aliphatic heterocycles. The van der Waals surface area contributed by atoms with E-state index in [9.17, 15) is 8.78 Å². The Bertz CT molecular complexity index is 537. The molecule has 0 spiro atoms. The summed E-state index contributed by atoms with van der Waals surface area (Å²) in [6, 6.07) is 4.36. The first-order valence-corrected chi connectivity index (χ1v) is 11.1. The highest BCUT2D eigenvalue weighted by molar-refractivity contribution is 5.17. The lowest BCUT2D eigenvalue weighted by Crippen LogP contribution is -2.18. The minimum Gasteiger partial charge on any atom is -0.204 e. The van der Waals surface area contributed by atoms with E-state index >= 15 is 0 Å². The predicted molar refractivity (Wildman–Crippen MR) is 105 cm³/mol. The largest absolute Gasteiger partial charge is 0.204 e. The minimum absolute atomic E-state index is 0.709. The van der Waals surface area contributed by atoms with Gasteiger partial charge >= 0.3 is 0 Å². The minimum atomic E-state index is -0.738. The zero-order valence-electron chi connectivity index (χ0n) is 16.5. The molecule has 2 saturated carbocycles. The highest BCUT2D eigenvalue weighted by Crippen LogP contribution is 2.38. The molecule has 2 aliphatic rings. The molecule has 0 saturated heterocycles. The van der Waals surface area contributed by atoms with Gasteiger partial charge in [0.1, 0.15) is 0 Å². The molecule has 0 nitrogen and oxygen atoms in total. The Hall–Kier alpha value is -0.920. The quantitative estimate of drug-likeness (QED) is 0.466. The molecule has 2 fully saturated rings. The number of hydrogen-bond acceptors (Lipinski definition) is 0. The van der Waals surface area contributed by atoms with Gasteiger partial charge in [0.25, 0.3) is 0 Å². The maximum Gasteiger partial charge on any atom is 0.159 e. The zero-order chi connectivity index (χ0) is 18.4. The average Bonchev–Trinajstić information content (AvgIpc) is 2.68. The molecule has 1 aromatic carbocycles. The summed E-state index contributed by atoms with van der Waals surface area (Å²) in [6.45, 7) is 2.34. The van der Waals surface area contributed by atoms with Crippen molar-refractivity contribution in [2.45, 2.75) is 90.4 Å². The van der Waals surface area contributed by atoms with Crippen molar-refractivity contribution in [1.29, 1.82) is 0 Å². The van der Waals surface area contributed by atoms with E-state index in [0.29, 0.717) is 0 Å². The van der Waals surface area contributed by atoms with Gasteiger partial charge in [-0.25, -0.2) is 8.78 Å². The first-order chi connectivity index (χ1) is 12.6. The van der Waals surface area contributed by atoms with Crippen LogP contribution < -0.4 is 0 Å². The summed E-state index contributed by atoms with van der Waals surface area (Å²) in [4.78, 5) is 0. The van der Waals surface area contributed by atoms with Crippen molar-refractivity contribution in [3.63, 3.8) is 0 Å². The highest BCUT2D eigenvalue weighted by atomic mass is 19.2. The molecule has 0 aromatic heterocycles. The summed E-state index contributed by atoms with van der Waals surface area (Å²) >= 11 is 0. The third-order valence-electron chi connectivity index (χ3n) is 7.32. The zero-order valence-corrected chi connectivity index (χ0v) is 16.5. The van der Waals surface area contributed by atoms with Gasteiger partial charge in [0, 0.05) is 0 Å². The number of hydrogen-bond donors (Lipinski definition) is 0. The Morgan fingerprint density at radius 3 is 1.69 bits per heavy atom. The van der Waals surface area contributed by atoms with Crippen molar-refractivity contribution in [2.75, 3.05) is 0 Å². The number of aryl methyl sites for hydroxylation is 1. The van der Waals surface area contributed by atoms with E-state index in [2.05, 4.69) is 6.92 Å². The maximum absolute atomic E-state index is 13.3. The fourth-order valence-electron chi connectivity index (χ4n) is 5.27. The van der Waals surface area contributed by atoms with Gasteiger partial charge in [-0.2, -0.15) is 0 Å². The third-order valence-corrected chi connectivity index (χ3v) is 7.32. The molecule has 0 N–H and O–H groups in total. The Labute approximate surface area is 158 Å². The van der Waals surface area contributed by atoms with Gasteiger partial charge in [-0.1, -0.05) is 83.6 Å². The van der Waals surface area contributed by atoms with E-state index in [4.69, 9.17) is 0 Å². The maximum atomic E-state index is 13.3. The molecule has 2 aliphatic carbocycles. The van der Waals surface area contributed by atoms with E-state index in [1.54, 1.807) is 6.07 Å². The fourth-order valence-corrected chi connectivity index (χ4v) is 5.27. The summed E-state index contributed by atoms with van der Waals surface area (Å²) in [5, 5.41) is 0. The second-order valence-corrected chi connectivity index (χ2v) is 9.05. The Morgan fingerprint density at radius 2 is 1.19 bits per heavy atom. The number of benzene rings is 1. The first kappa shape index (κ1) is 19.8. The van der Waals surface area contributed by atoms with Crippen LogP contribution in [0.2, 0.25) is 0 Å². The lowest BCUT2D eigenvalue weighted by atomic mass is 9.74. The summed E-state index contributed by atoms with van der Waals surface area (Å²) in [5.74, 6) is 2.29. The topological polar surface area (TPSA) is 0 Å². The van der Waals surface area contributed by atoms with Gasteiger partial charge in [-0.3, -0.25) is 0 Å². The Morgan fingerprint density at radius 1 is 0.692 bits per heavy atom. The second-order valence-electron chi connectivity index (χ2n) is 9.05. The molecule has 0 amide bonds. The van der Waals surface area contributed by atoms with Crippen molar-refractivity contribution >= 4 is 0 Å². The standard InChI is InChI=1S/C24H36F2/c1-2-18-3-5-19(6-4-18)7-8-20-9-11-21(12-10-20)13-14-22-15-16-23(25)24(26)17-22/h15-21H,2-14H2,1H3/t18-,19-,20-,21-. The molecule has 0 atom stereocenters. The van der Waals surface area contributed by atoms with E-state index in [0.717, 1.165) is 42.1 Å². The number of halogens is 2. The first-order valence-electron chi connectivity index (χ1n) is 11.1. The molecule has 0 bridgehead atoms. The molecule has 2 heteroatoms. The van der Waals surface area contributed by atoms with Crippen LogP contribution in [-0.2, 0) is 6.42 Å². The van der Waals surface area contributed by atoms with Crippen LogP contribution in [0.3, 0.4) is 0 Å². The van der Waals surface area contributed by atoms with Crippen LogP contribution in [-0.4, -0.2) is 0 Å². The van der Waals surface area contributed by atoms with Crippen LogP contribution in [0.4, 0.5) is 8.78 Å².